The van der Waals surface area contributed by atoms with Crippen LogP contribution in [0, 0.1) is 0 Å². The molecule has 2 aromatic heterocycles. The highest BCUT2D eigenvalue weighted by Crippen LogP contribution is 2.24. The number of amides is 1. The van der Waals surface area contributed by atoms with E-state index in [1.165, 1.54) is 12.3 Å². The first-order valence-electron chi connectivity index (χ1n) is 9.65. The van der Waals surface area contributed by atoms with Crippen LogP contribution in [-0.4, -0.2) is 53.7 Å². The van der Waals surface area contributed by atoms with Gasteiger partial charge in [0.15, 0.2) is 0 Å². The Bertz CT molecular complexity index is 1300. The molecule has 1 atom stereocenters. The number of amidine groups is 1. The van der Waals surface area contributed by atoms with Gasteiger partial charge in [-0.25, -0.2) is 0 Å². The first-order valence-corrected chi connectivity index (χ1v) is 11.1. The monoisotopic (exact) mass is 454 g/mol. The summed E-state index contributed by atoms with van der Waals surface area (Å²) in [5.74, 6) is -1.00. The third-order valence-corrected chi connectivity index (χ3v) is 6.00. The fourth-order valence-electron chi connectivity index (χ4n) is 3.08. The van der Waals surface area contributed by atoms with E-state index in [1.54, 1.807) is 43.5 Å². The van der Waals surface area contributed by atoms with Gasteiger partial charge >= 0.3 is 0 Å². The average molecular weight is 454 g/mol. The minimum Gasteiger partial charge on any atom is -0.360 e. The molecule has 1 aliphatic rings. The molecule has 0 saturated heterocycles. The Morgan fingerprint density at radius 3 is 2.72 bits per heavy atom. The van der Waals surface area contributed by atoms with E-state index >= 15 is 0 Å². The fourth-order valence-corrected chi connectivity index (χ4v) is 4.28. The second-order valence-electron chi connectivity index (χ2n) is 6.82. The predicted molar refractivity (Wildman–Crippen MR) is 112 cm³/mol. The summed E-state index contributed by atoms with van der Waals surface area (Å²) < 4.78 is 32.9. The molecule has 0 spiro atoms. The summed E-state index contributed by atoms with van der Waals surface area (Å²) in [4.78, 5) is 33.2. The highest BCUT2D eigenvalue weighted by molar-refractivity contribution is 7.90. The summed E-state index contributed by atoms with van der Waals surface area (Å²) in [5.41, 5.74) is 0.973. The molecule has 3 aromatic rings. The molecule has 0 unspecified atom stereocenters. The number of fused-ring (bicyclic) bond motifs is 1. The van der Waals surface area contributed by atoms with E-state index in [2.05, 4.69) is 30.2 Å². The second-order valence-corrected chi connectivity index (χ2v) is 8.39. The minimum atomic E-state index is -3.79. The normalized spacial score (nSPS) is 14.8. The maximum Gasteiger partial charge on any atom is 0.296 e. The number of benzene rings is 1. The summed E-state index contributed by atoms with van der Waals surface area (Å²) in [6, 6.07) is 8.83. The van der Waals surface area contributed by atoms with Crippen LogP contribution in [0.15, 0.2) is 62.6 Å². The molecule has 3 heterocycles. The maximum absolute atomic E-state index is 12.7. The van der Waals surface area contributed by atoms with Gasteiger partial charge in [0.2, 0.25) is 17.5 Å². The van der Waals surface area contributed by atoms with Gasteiger partial charge in [0, 0.05) is 23.5 Å². The zero-order valence-corrected chi connectivity index (χ0v) is 17.7. The van der Waals surface area contributed by atoms with Gasteiger partial charge in [-0.05, 0) is 30.7 Å². The molecule has 4 rings (SSSR count). The number of ketones is 1. The van der Waals surface area contributed by atoms with E-state index in [4.69, 9.17) is 4.52 Å². The van der Waals surface area contributed by atoms with Crippen LogP contribution in [0.4, 0.5) is 0 Å². The third-order valence-electron chi connectivity index (χ3n) is 4.66. The highest BCUT2D eigenvalue weighted by Gasteiger charge is 2.29. The summed E-state index contributed by atoms with van der Waals surface area (Å²) in [5, 5.41) is 9.09. The summed E-state index contributed by atoms with van der Waals surface area (Å²) in [6.07, 6.45) is 3.42. The van der Waals surface area contributed by atoms with Crippen molar-refractivity contribution in [3.05, 3.63) is 60.2 Å². The van der Waals surface area contributed by atoms with Crippen molar-refractivity contribution in [2.45, 2.75) is 24.3 Å². The lowest BCUT2D eigenvalue weighted by atomic mass is 10.1. The van der Waals surface area contributed by atoms with Gasteiger partial charge in [-0.3, -0.25) is 14.6 Å². The lowest BCUT2D eigenvalue weighted by molar-refractivity contribution is -0.120. The summed E-state index contributed by atoms with van der Waals surface area (Å²) in [6.45, 7) is 1.44. The van der Waals surface area contributed by atoms with E-state index in [9.17, 15) is 18.0 Å². The zero-order valence-electron chi connectivity index (χ0n) is 16.8. The first kappa shape index (κ1) is 21.3. The number of carbonyl (C=O) groups is 2. The van der Waals surface area contributed by atoms with Crippen molar-refractivity contribution in [1.82, 2.24) is 25.8 Å². The molecule has 0 saturated carbocycles. The van der Waals surface area contributed by atoms with Crippen molar-refractivity contribution in [2.75, 3.05) is 6.54 Å². The van der Waals surface area contributed by atoms with Gasteiger partial charge in [0.25, 0.3) is 15.9 Å². The molecule has 0 fully saturated rings. The molecule has 0 aliphatic carbocycles. The lowest BCUT2D eigenvalue weighted by Gasteiger charge is -2.14. The first-order chi connectivity index (χ1) is 15.4. The number of rotatable bonds is 7. The van der Waals surface area contributed by atoms with Gasteiger partial charge in [-0.2, -0.15) is 13.4 Å². The largest absolute Gasteiger partial charge is 0.360 e. The Balaban J connectivity index is 1.39. The number of hydrogen-bond acceptors (Lipinski definition) is 9. The topological polar surface area (TPSA) is 157 Å². The van der Waals surface area contributed by atoms with Gasteiger partial charge in [-0.1, -0.05) is 24.2 Å². The SMILES string of the molecule is CC[C@H](NC(=O)CNC1=NS(=O)(=O)c2ccccc21)C(=O)c1nc(-c2cccnc2)no1. The van der Waals surface area contributed by atoms with Crippen molar-refractivity contribution in [3.8, 4) is 11.4 Å². The number of nitrogens with one attached hydrogen (secondary N) is 2. The molecule has 1 aromatic carbocycles. The van der Waals surface area contributed by atoms with E-state index in [0.29, 0.717) is 11.1 Å². The number of hydrogen-bond donors (Lipinski definition) is 2. The van der Waals surface area contributed by atoms with Crippen LogP contribution in [-0.2, 0) is 14.8 Å². The van der Waals surface area contributed by atoms with Crippen LogP contribution in [0.2, 0.25) is 0 Å². The second kappa shape index (κ2) is 8.67. The number of aromatic nitrogens is 3. The molecular weight excluding hydrogens is 436 g/mol. The summed E-state index contributed by atoms with van der Waals surface area (Å²) >= 11 is 0. The maximum atomic E-state index is 12.7. The Hall–Kier alpha value is -3.93. The van der Waals surface area contributed by atoms with E-state index in [-0.39, 0.29) is 35.4 Å². The van der Waals surface area contributed by atoms with Crippen LogP contribution in [0.25, 0.3) is 11.4 Å². The molecule has 2 N–H and O–H groups in total. The Kier molecular flexibility index (Phi) is 5.77. The summed E-state index contributed by atoms with van der Waals surface area (Å²) in [7, 11) is -3.79. The van der Waals surface area contributed by atoms with Crippen molar-refractivity contribution < 1.29 is 22.5 Å². The number of carbonyl (C=O) groups excluding carboxylic acids is 2. The minimum absolute atomic E-state index is 0.0744. The Labute approximate surface area is 183 Å². The molecule has 1 amide bonds. The van der Waals surface area contributed by atoms with Crippen molar-refractivity contribution in [2.24, 2.45) is 4.40 Å². The van der Waals surface area contributed by atoms with Crippen molar-refractivity contribution in [1.29, 1.82) is 0 Å². The number of pyridine rings is 1. The van der Waals surface area contributed by atoms with Crippen LogP contribution in [0.5, 0.6) is 0 Å². The predicted octanol–water partition coefficient (Wildman–Crippen LogP) is 0.948. The lowest BCUT2D eigenvalue weighted by Crippen LogP contribution is -2.45. The Morgan fingerprint density at radius 2 is 1.97 bits per heavy atom. The van der Waals surface area contributed by atoms with Gasteiger partial charge in [-0.15, -0.1) is 4.40 Å². The van der Waals surface area contributed by atoms with Crippen molar-refractivity contribution >= 4 is 27.5 Å². The van der Waals surface area contributed by atoms with Gasteiger partial charge < -0.3 is 15.2 Å². The van der Waals surface area contributed by atoms with Gasteiger partial charge in [0.05, 0.1) is 12.6 Å². The van der Waals surface area contributed by atoms with E-state index in [1.807, 2.05) is 0 Å². The molecule has 32 heavy (non-hydrogen) atoms. The Morgan fingerprint density at radius 1 is 1.16 bits per heavy atom. The molecular formula is C20H18N6O5S. The van der Waals surface area contributed by atoms with E-state index in [0.717, 1.165) is 0 Å². The van der Waals surface area contributed by atoms with E-state index < -0.39 is 27.8 Å². The molecule has 0 bridgehead atoms. The molecule has 12 heteroatoms. The van der Waals surface area contributed by atoms with Crippen LogP contribution in [0.1, 0.15) is 29.6 Å². The number of Topliss-reactive ketones (excluding diaryl/α,β-unsaturated/α-hetero) is 1. The molecule has 164 valence electrons. The zero-order chi connectivity index (χ0) is 22.7. The standard InChI is InChI=1S/C20H18N6O5S/c1-2-14(17(28)20-24-18(25-31-20)12-6-5-9-21-10-12)23-16(27)11-22-19-13-7-3-4-8-15(13)32(29,30)26-19/h3-10,14H,2,11H2,1H3,(H,22,26)(H,23,27)/t14-/m0/s1. The fraction of sp³-hybridized carbons (Fsp3) is 0.200. The smallest absolute Gasteiger partial charge is 0.296 e. The average Bonchev–Trinajstić information content (AvgIpc) is 3.40. The van der Waals surface area contributed by atoms with Crippen molar-refractivity contribution in [3.63, 3.8) is 0 Å². The number of sulfonamides is 1. The van der Waals surface area contributed by atoms with Crippen LogP contribution < -0.4 is 10.6 Å². The highest BCUT2D eigenvalue weighted by atomic mass is 32.2. The molecule has 1 aliphatic heterocycles. The number of nitrogens with zero attached hydrogens (tertiary/aromatic N) is 4. The quantitative estimate of drug-likeness (QED) is 0.496. The van der Waals surface area contributed by atoms with Gasteiger partial charge in [0.1, 0.15) is 10.7 Å². The van der Waals surface area contributed by atoms with Crippen LogP contribution >= 0.6 is 0 Å². The molecule has 0 radical (unpaired) electrons. The molecule has 11 nitrogen and oxygen atoms in total. The third kappa shape index (κ3) is 4.25. The van der Waals surface area contributed by atoms with Crippen LogP contribution in [0.3, 0.4) is 0 Å².